The number of rotatable bonds is 4. The van der Waals surface area contributed by atoms with Crippen molar-refractivity contribution in [2.24, 2.45) is 0 Å². The van der Waals surface area contributed by atoms with Gasteiger partial charge in [-0.25, -0.2) is 9.59 Å². The molecule has 0 bridgehead atoms. The third kappa shape index (κ3) is 4.00. The molecule has 1 amide bonds. The second-order valence-corrected chi connectivity index (χ2v) is 6.27. The summed E-state index contributed by atoms with van der Waals surface area (Å²) in [5.41, 5.74) is 1.03. The molecule has 0 spiro atoms. The van der Waals surface area contributed by atoms with Crippen LogP contribution in [0, 0.1) is 6.92 Å². The predicted octanol–water partition coefficient (Wildman–Crippen LogP) is 2.57. The molecule has 2 aromatic rings. The van der Waals surface area contributed by atoms with Gasteiger partial charge in [0.1, 0.15) is 5.60 Å². The quantitative estimate of drug-likeness (QED) is 0.903. The van der Waals surface area contributed by atoms with Gasteiger partial charge in [-0.1, -0.05) is 12.1 Å². The first-order valence-electron chi connectivity index (χ1n) is 7.35. The largest absolute Gasteiger partial charge is 0.477 e. The molecule has 0 aliphatic heterocycles. The lowest BCUT2D eigenvalue weighted by molar-refractivity contribution is 0.0525. The number of carbonyl (C=O) groups is 2. The Bertz CT molecular complexity index is 744. The van der Waals surface area contributed by atoms with E-state index < -0.39 is 17.7 Å². The number of aromatic nitrogens is 2. The minimum Gasteiger partial charge on any atom is -0.477 e. The molecular weight excluding hydrogens is 298 g/mol. The number of fused-ring (bicyclic) bond motifs is 1. The molecule has 0 atom stereocenters. The lowest BCUT2D eigenvalue weighted by Gasteiger charge is -2.19. The molecule has 7 heteroatoms. The van der Waals surface area contributed by atoms with E-state index in [0.717, 1.165) is 5.56 Å². The summed E-state index contributed by atoms with van der Waals surface area (Å²) in [5, 5.41) is 17.0. The highest BCUT2D eigenvalue weighted by Crippen LogP contribution is 2.22. The summed E-state index contributed by atoms with van der Waals surface area (Å²) < 4.78 is 6.54. The van der Waals surface area contributed by atoms with Gasteiger partial charge in [0.2, 0.25) is 0 Å². The number of benzene rings is 1. The van der Waals surface area contributed by atoms with E-state index in [0.29, 0.717) is 10.9 Å². The van der Waals surface area contributed by atoms with Crippen LogP contribution in [0.5, 0.6) is 0 Å². The van der Waals surface area contributed by atoms with Crippen LogP contribution in [0.2, 0.25) is 0 Å². The fourth-order valence-electron chi connectivity index (χ4n) is 2.31. The SMILES string of the molecule is Cc1cccc2nn(CCNC(=O)OC(C)(C)C)c(C(=O)O)c12. The van der Waals surface area contributed by atoms with Crippen molar-refractivity contribution in [1.29, 1.82) is 0 Å². The first-order valence-corrected chi connectivity index (χ1v) is 7.35. The van der Waals surface area contributed by atoms with Crippen LogP contribution in [0.15, 0.2) is 18.2 Å². The Balaban J connectivity index is 2.15. The summed E-state index contributed by atoms with van der Waals surface area (Å²) in [7, 11) is 0. The van der Waals surface area contributed by atoms with Gasteiger partial charge >= 0.3 is 12.1 Å². The number of carboxylic acid groups (broad SMARTS) is 1. The highest BCUT2D eigenvalue weighted by Gasteiger charge is 2.20. The van der Waals surface area contributed by atoms with Crippen molar-refractivity contribution in [1.82, 2.24) is 15.1 Å². The van der Waals surface area contributed by atoms with Crippen LogP contribution in [-0.4, -0.2) is 39.1 Å². The van der Waals surface area contributed by atoms with Crippen LogP contribution in [0.1, 0.15) is 36.8 Å². The number of nitrogens with one attached hydrogen (secondary N) is 1. The number of nitrogens with zero attached hydrogens (tertiary/aromatic N) is 2. The molecule has 7 nitrogen and oxygen atoms in total. The van der Waals surface area contributed by atoms with Crippen LogP contribution in [-0.2, 0) is 11.3 Å². The summed E-state index contributed by atoms with van der Waals surface area (Å²) in [6.45, 7) is 7.64. The van der Waals surface area contributed by atoms with Crippen molar-refractivity contribution in [3.05, 3.63) is 29.5 Å². The van der Waals surface area contributed by atoms with E-state index in [9.17, 15) is 14.7 Å². The Morgan fingerprint density at radius 2 is 2.04 bits per heavy atom. The Labute approximate surface area is 134 Å². The minimum absolute atomic E-state index is 0.129. The van der Waals surface area contributed by atoms with E-state index in [4.69, 9.17) is 4.74 Å². The maximum absolute atomic E-state index is 11.6. The second kappa shape index (κ2) is 6.28. The predicted molar refractivity (Wildman–Crippen MR) is 85.7 cm³/mol. The molecule has 0 radical (unpaired) electrons. The first kappa shape index (κ1) is 16.8. The summed E-state index contributed by atoms with van der Waals surface area (Å²) in [5.74, 6) is -1.04. The number of hydrogen-bond donors (Lipinski definition) is 2. The van der Waals surface area contributed by atoms with Crippen molar-refractivity contribution in [2.75, 3.05) is 6.54 Å². The zero-order valence-electron chi connectivity index (χ0n) is 13.7. The van der Waals surface area contributed by atoms with Gasteiger partial charge in [0.05, 0.1) is 12.1 Å². The molecule has 23 heavy (non-hydrogen) atoms. The summed E-state index contributed by atoms with van der Waals surface area (Å²) in [6, 6.07) is 5.45. The van der Waals surface area contributed by atoms with E-state index in [2.05, 4.69) is 10.4 Å². The lowest BCUT2D eigenvalue weighted by Crippen LogP contribution is -2.34. The summed E-state index contributed by atoms with van der Waals surface area (Å²) >= 11 is 0. The molecule has 2 rings (SSSR count). The second-order valence-electron chi connectivity index (χ2n) is 6.27. The number of aryl methyl sites for hydroxylation is 1. The van der Waals surface area contributed by atoms with Crippen LogP contribution in [0.3, 0.4) is 0 Å². The van der Waals surface area contributed by atoms with Crippen molar-refractivity contribution in [3.8, 4) is 0 Å². The van der Waals surface area contributed by atoms with E-state index in [1.807, 2.05) is 19.1 Å². The highest BCUT2D eigenvalue weighted by molar-refractivity contribution is 6.02. The van der Waals surface area contributed by atoms with Gasteiger partial charge in [-0.3, -0.25) is 4.68 Å². The fraction of sp³-hybridized carbons (Fsp3) is 0.438. The molecule has 2 N–H and O–H groups in total. The molecule has 124 valence electrons. The zero-order valence-corrected chi connectivity index (χ0v) is 13.7. The van der Waals surface area contributed by atoms with Gasteiger partial charge in [0.15, 0.2) is 5.69 Å². The van der Waals surface area contributed by atoms with Crippen molar-refractivity contribution in [2.45, 2.75) is 39.8 Å². The highest BCUT2D eigenvalue weighted by atomic mass is 16.6. The number of ether oxygens (including phenoxy) is 1. The van der Waals surface area contributed by atoms with Gasteiger partial charge < -0.3 is 15.2 Å². The molecule has 0 aliphatic carbocycles. The normalized spacial score (nSPS) is 11.5. The van der Waals surface area contributed by atoms with E-state index in [1.165, 1.54) is 4.68 Å². The zero-order chi connectivity index (χ0) is 17.2. The van der Waals surface area contributed by atoms with Crippen LogP contribution in [0.25, 0.3) is 10.9 Å². The topological polar surface area (TPSA) is 93.5 Å². The maximum Gasteiger partial charge on any atom is 0.407 e. The molecular formula is C16H21N3O4. The minimum atomic E-state index is -1.04. The Kier molecular flexibility index (Phi) is 4.58. The van der Waals surface area contributed by atoms with Crippen molar-refractivity contribution < 1.29 is 19.4 Å². The maximum atomic E-state index is 11.6. The van der Waals surface area contributed by atoms with Gasteiger partial charge in [-0.15, -0.1) is 0 Å². The number of carboxylic acids is 1. The number of amides is 1. The van der Waals surface area contributed by atoms with Gasteiger partial charge in [-0.2, -0.15) is 5.10 Å². The van der Waals surface area contributed by atoms with Gasteiger partial charge in [0, 0.05) is 11.9 Å². The molecule has 0 saturated heterocycles. The summed E-state index contributed by atoms with van der Waals surface area (Å²) in [6.07, 6.45) is -0.540. The van der Waals surface area contributed by atoms with Crippen molar-refractivity contribution >= 4 is 23.0 Å². The van der Waals surface area contributed by atoms with Crippen LogP contribution in [0.4, 0.5) is 4.79 Å². The molecule has 0 fully saturated rings. The molecule has 0 unspecified atom stereocenters. The van der Waals surface area contributed by atoms with Crippen LogP contribution >= 0.6 is 0 Å². The van der Waals surface area contributed by atoms with Crippen molar-refractivity contribution in [3.63, 3.8) is 0 Å². The third-order valence-corrected chi connectivity index (χ3v) is 3.17. The number of aromatic carboxylic acids is 1. The average molecular weight is 319 g/mol. The van der Waals surface area contributed by atoms with E-state index in [1.54, 1.807) is 26.8 Å². The van der Waals surface area contributed by atoms with Crippen LogP contribution < -0.4 is 5.32 Å². The number of carbonyl (C=O) groups excluding carboxylic acids is 1. The molecule has 1 aromatic heterocycles. The number of alkyl carbamates (subject to hydrolysis) is 1. The van der Waals surface area contributed by atoms with E-state index >= 15 is 0 Å². The number of hydrogen-bond acceptors (Lipinski definition) is 4. The standard InChI is InChI=1S/C16H21N3O4/c1-10-6-5-7-11-12(10)13(14(20)21)19(18-11)9-8-17-15(22)23-16(2,3)4/h5-7H,8-9H2,1-4H3,(H,17,22)(H,20,21). The Morgan fingerprint density at radius 3 is 2.65 bits per heavy atom. The monoisotopic (exact) mass is 319 g/mol. The molecule has 1 aromatic carbocycles. The lowest BCUT2D eigenvalue weighted by atomic mass is 10.1. The van der Waals surface area contributed by atoms with E-state index in [-0.39, 0.29) is 18.8 Å². The fourth-order valence-corrected chi connectivity index (χ4v) is 2.31. The molecule has 0 saturated carbocycles. The molecule has 0 aliphatic rings. The first-order chi connectivity index (χ1) is 10.7. The molecule has 1 heterocycles. The average Bonchev–Trinajstić information content (AvgIpc) is 2.76. The van der Waals surface area contributed by atoms with Gasteiger partial charge in [-0.05, 0) is 39.3 Å². The smallest absolute Gasteiger partial charge is 0.407 e. The van der Waals surface area contributed by atoms with Gasteiger partial charge in [0.25, 0.3) is 0 Å². The Hall–Kier alpha value is -2.57. The Morgan fingerprint density at radius 1 is 1.35 bits per heavy atom. The third-order valence-electron chi connectivity index (χ3n) is 3.17. The summed E-state index contributed by atoms with van der Waals surface area (Å²) in [4.78, 5) is 23.2.